The van der Waals surface area contributed by atoms with Crippen LogP contribution in [0.25, 0.3) is 0 Å². The molecular weight excluding hydrogens is 290 g/mol. The highest BCUT2D eigenvalue weighted by Gasteiger charge is 2.40. The summed E-state index contributed by atoms with van der Waals surface area (Å²) >= 11 is 2.00. The maximum Gasteiger partial charge on any atom is 0.191 e. The number of thioether (sulfide) groups is 1. The molecule has 2 aliphatic rings. The van der Waals surface area contributed by atoms with E-state index < -0.39 is 0 Å². The minimum absolute atomic E-state index is 0.532. The molecule has 2 fully saturated rings. The van der Waals surface area contributed by atoms with E-state index in [0.29, 0.717) is 18.0 Å². The quantitative estimate of drug-likeness (QED) is 0.661. The molecule has 0 spiro atoms. The molecule has 2 N–H and O–H groups in total. The van der Waals surface area contributed by atoms with Gasteiger partial charge in [0.1, 0.15) is 0 Å². The molecule has 4 unspecified atom stereocenters. The van der Waals surface area contributed by atoms with Crippen molar-refractivity contribution < 1.29 is 0 Å². The van der Waals surface area contributed by atoms with E-state index in [0.717, 1.165) is 11.2 Å². The lowest BCUT2D eigenvalue weighted by atomic mass is 10.0. The van der Waals surface area contributed by atoms with Gasteiger partial charge >= 0.3 is 0 Å². The zero-order valence-corrected chi connectivity index (χ0v) is 14.6. The van der Waals surface area contributed by atoms with Crippen LogP contribution in [-0.4, -0.2) is 36.6 Å². The average Bonchev–Trinajstić information content (AvgIpc) is 3.13. The third kappa shape index (κ3) is 3.60. The van der Waals surface area contributed by atoms with Crippen molar-refractivity contribution in [2.45, 2.75) is 55.9 Å². The van der Waals surface area contributed by atoms with Gasteiger partial charge in [0.25, 0.3) is 0 Å². The minimum atomic E-state index is 0.532. The molecule has 4 atom stereocenters. The Bertz CT molecular complexity index is 543. The fraction of sp³-hybridized carbons (Fsp3) is 0.611. The van der Waals surface area contributed by atoms with Gasteiger partial charge in [0.2, 0.25) is 0 Å². The molecule has 1 aromatic rings. The first kappa shape index (κ1) is 15.7. The van der Waals surface area contributed by atoms with Crippen LogP contribution in [0.3, 0.4) is 0 Å². The lowest BCUT2D eigenvalue weighted by molar-refractivity contribution is 0.613. The van der Waals surface area contributed by atoms with Crippen molar-refractivity contribution >= 4 is 17.7 Å². The topological polar surface area (TPSA) is 36.4 Å². The van der Waals surface area contributed by atoms with Crippen LogP contribution in [0.2, 0.25) is 0 Å². The van der Waals surface area contributed by atoms with E-state index in [1.165, 1.54) is 36.8 Å². The predicted octanol–water partition coefficient (Wildman–Crippen LogP) is 3.30. The standard InChI is InChI=1S/C18H27N3S/c1-12-6-4-5-7-15(12)16-11-17(16)21-18(19-2)20-13-8-9-14(10-13)22-3/h4-7,13-14,16-17H,8-11H2,1-3H3,(H2,19,20,21). The maximum atomic E-state index is 4.42. The summed E-state index contributed by atoms with van der Waals surface area (Å²) in [5.74, 6) is 1.62. The number of aliphatic imine (C=N–C) groups is 1. The summed E-state index contributed by atoms with van der Waals surface area (Å²) in [6.45, 7) is 2.21. The molecule has 0 bridgehead atoms. The van der Waals surface area contributed by atoms with E-state index in [-0.39, 0.29) is 0 Å². The molecule has 120 valence electrons. The summed E-state index contributed by atoms with van der Waals surface area (Å²) in [7, 11) is 1.88. The van der Waals surface area contributed by atoms with Crippen molar-refractivity contribution in [2.24, 2.45) is 4.99 Å². The summed E-state index contributed by atoms with van der Waals surface area (Å²) in [6, 6.07) is 9.85. The number of aryl methyl sites for hydroxylation is 1. The van der Waals surface area contributed by atoms with Gasteiger partial charge in [-0.2, -0.15) is 11.8 Å². The Labute approximate surface area is 138 Å². The normalized spacial score (nSPS) is 31.1. The van der Waals surface area contributed by atoms with Gasteiger partial charge < -0.3 is 10.6 Å². The molecule has 1 aromatic carbocycles. The van der Waals surface area contributed by atoms with E-state index in [9.17, 15) is 0 Å². The average molecular weight is 318 g/mol. The molecule has 4 heteroatoms. The van der Waals surface area contributed by atoms with E-state index in [4.69, 9.17) is 0 Å². The first-order chi connectivity index (χ1) is 10.7. The van der Waals surface area contributed by atoms with E-state index >= 15 is 0 Å². The van der Waals surface area contributed by atoms with Crippen LogP contribution in [0.1, 0.15) is 42.7 Å². The Kier molecular flexibility index (Phi) is 4.97. The van der Waals surface area contributed by atoms with Gasteiger partial charge in [0.05, 0.1) is 0 Å². The second-order valence-corrected chi connectivity index (χ2v) is 7.67. The molecule has 3 rings (SSSR count). The lowest BCUT2D eigenvalue weighted by Crippen LogP contribution is -2.43. The van der Waals surface area contributed by atoms with Gasteiger partial charge in [-0.25, -0.2) is 0 Å². The second kappa shape index (κ2) is 6.95. The summed E-state index contributed by atoms with van der Waals surface area (Å²) in [4.78, 5) is 4.42. The number of guanidine groups is 1. The predicted molar refractivity (Wildman–Crippen MR) is 96.9 cm³/mol. The van der Waals surface area contributed by atoms with Crippen LogP contribution in [0.15, 0.2) is 29.3 Å². The van der Waals surface area contributed by atoms with Crippen molar-refractivity contribution in [1.29, 1.82) is 0 Å². The van der Waals surface area contributed by atoms with Crippen LogP contribution in [0, 0.1) is 6.92 Å². The number of nitrogens with one attached hydrogen (secondary N) is 2. The molecular formula is C18H27N3S. The molecule has 0 heterocycles. The molecule has 2 saturated carbocycles. The number of benzene rings is 1. The molecule has 0 aliphatic heterocycles. The number of hydrogen-bond acceptors (Lipinski definition) is 2. The van der Waals surface area contributed by atoms with Crippen molar-refractivity contribution in [3.8, 4) is 0 Å². The van der Waals surface area contributed by atoms with E-state index in [1.54, 1.807) is 0 Å². The van der Waals surface area contributed by atoms with E-state index in [2.05, 4.69) is 53.1 Å². The largest absolute Gasteiger partial charge is 0.354 e. The Morgan fingerprint density at radius 2 is 2.00 bits per heavy atom. The van der Waals surface area contributed by atoms with Gasteiger partial charge in [-0.3, -0.25) is 4.99 Å². The SMILES string of the molecule is CN=C(NC1CCC(SC)C1)NC1CC1c1ccccc1C. The van der Waals surface area contributed by atoms with Gasteiger partial charge in [-0.05, 0) is 50.0 Å². The fourth-order valence-corrected chi connectivity index (χ4v) is 4.32. The molecule has 3 nitrogen and oxygen atoms in total. The highest BCUT2D eigenvalue weighted by molar-refractivity contribution is 7.99. The van der Waals surface area contributed by atoms with Crippen LogP contribution < -0.4 is 10.6 Å². The van der Waals surface area contributed by atoms with Crippen LogP contribution >= 0.6 is 11.8 Å². The first-order valence-electron chi connectivity index (χ1n) is 8.29. The fourth-order valence-electron chi connectivity index (χ4n) is 3.53. The van der Waals surface area contributed by atoms with Gasteiger partial charge in [0.15, 0.2) is 5.96 Å². The van der Waals surface area contributed by atoms with Crippen molar-refractivity contribution in [3.63, 3.8) is 0 Å². The number of rotatable bonds is 4. The van der Waals surface area contributed by atoms with Gasteiger partial charge in [-0.15, -0.1) is 0 Å². The van der Waals surface area contributed by atoms with Crippen LogP contribution in [0.4, 0.5) is 0 Å². The molecule has 0 saturated heterocycles. The Morgan fingerprint density at radius 3 is 2.68 bits per heavy atom. The Balaban J connectivity index is 1.52. The molecule has 2 aliphatic carbocycles. The summed E-state index contributed by atoms with van der Waals surface area (Å²) in [6.07, 6.45) is 7.28. The van der Waals surface area contributed by atoms with Crippen molar-refractivity contribution in [2.75, 3.05) is 13.3 Å². The van der Waals surface area contributed by atoms with Crippen molar-refractivity contribution in [3.05, 3.63) is 35.4 Å². The monoisotopic (exact) mass is 317 g/mol. The Morgan fingerprint density at radius 1 is 1.18 bits per heavy atom. The Hall–Kier alpha value is -1.16. The highest BCUT2D eigenvalue weighted by Crippen LogP contribution is 2.42. The lowest BCUT2D eigenvalue weighted by Gasteiger charge is -2.17. The smallest absolute Gasteiger partial charge is 0.191 e. The molecule has 0 radical (unpaired) electrons. The molecule has 0 aromatic heterocycles. The van der Waals surface area contributed by atoms with Crippen LogP contribution in [-0.2, 0) is 0 Å². The number of hydrogen-bond donors (Lipinski definition) is 2. The first-order valence-corrected chi connectivity index (χ1v) is 9.58. The molecule has 0 amide bonds. The van der Waals surface area contributed by atoms with E-state index in [1.807, 2.05) is 18.8 Å². The summed E-state index contributed by atoms with van der Waals surface area (Å²) in [5.41, 5.74) is 2.89. The summed E-state index contributed by atoms with van der Waals surface area (Å²) in [5, 5.41) is 8.04. The zero-order chi connectivity index (χ0) is 15.5. The third-order valence-electron chi connectivity index (χ3n) is 4.98. The summed E-state index contributed by atoms with van der Waals surface area (Å²) < 4.78 is 0. The second-order valence-electron chi connectivity index (χ2n) is 6.53. The van der Waals surface area contributed by atoms with Crippen molar-refractivity contribution in [1.82, 2.24) is 10.6 Å². The number of nitrogens with zero attached hydrogens (tertiary/aromatic N) is 1. The maximum absolute atomic E-state index is 4.42. The van der Waals surface area contributed by atoms with Gasteiger partial charge in [-0.1, -0.05) is 24.3 Å². The zero-order valence-electron chi connectivity index (χ0n) is 13.8. The minimum Gasteiger partial charge on any atom is -0.354 e. The van der Waals surface area contributed by atoms with Crippen LogP contribution in [0.5, 0.6) is 0 Å². The molecule has 22 heavy (non-hydrogen) atoms. The third-order valence-corrected chi connectivity index (χ3v) is 6.08. The highest BCUT2D eigenvalue weighted by atomic mass is 32.2. The van der Waals surface area contributed by atoms with Gasteiger partial charge in [0, 0.05) is 30.3 Å².